The molecule has 0 radical (unpaired) electrons. The zero-order chi connectivity index (χ0) is 15.0. The van der Waals surface area contributed by atoms with Crippen LogP contribution in [0.5, 0.6) is 0 Å². The Labute approximate surface area is 122 Å². The molecule has 0 saturated carbocycles. The van der Waals surface area contributed by atoms with E-state index in [0.717, 1.165) is 25.9 Å². The lowest BCUT2D eigenvalue weighted by Crippen LogP contribution is -2.32. The average molecular weight is 278 g/mol. The molecule has 0 saturated heterocycles. The Bertz CT molecular complexity index is 412. The highest BCUT2D eigenvalue weighted by atomic mass is 16.2. The number of nitrogens with zero attached hydrogens (tertiary/aromatic N) is 4. The van der Waals surface area contributed by atoms with E-state index in [1.807, 2.05) is 13.8 Å². The van der Waals surface area contributed by atoms with Crippen LogP contribution in [0.3, 0.4) is 0 Å². The van der Waals surface area contributed by atoms with Crippen molar-refractivity contribution >= 4 is 11.9 Å². The molecule has 0 aliphatic rings. The predicted octanol–water partition coefficient (Wildman–Crippen LogP) is 2.59. The van der Waals surface area contributed by atoms with Crippen molar-refractivity contribution in [3.63, 3.8) is 0 Å². The van der Waals surface area contributed by atoms with Gasteiger partial charge in [-0.1, -0.05) is 13.8 Å². The lowest BCUT2D eigenvalue weighted by atomic mass is 10.3. The smallest absolute Gasteiger partial charge is 0.272 e. The lowest BCUT2D eigenvalue weighted by Gasteiger charge is -2.22. The van der Waals surface area contributed by atoms with Crippen molar-refractivity contribution in [1.29, 1.82) is 0 Å². The molecule has 0 fully saturated rings. The van der Waals surface area contributed by atoms with Gasteiger partial charge >= 0.3 is 0 Å². The summed E-state index contributed by atoms with van der Waals surface area (Å²) >= 11 is 0. The second-order valence-corrected chi connectivity index (χ2v) is 4.71. The molecular weight excluding hydrogens is 252 g/mol. The minimum atomic E-state index is -0.0217. The highest BCUT2D eigenvalue weighted by molar-refractivity contribution is 5.92. The Hall–Kier alpha value is -1.65. The van der Waals surface area contributed by atoms with Crippen LogP contribution in [0.25, 0.3) is 0 Å². The van der Waals surface area contributed by atoms with E-state index < -0.39 is 0 Å². The molecule has 1 aromatic heterocycles. The fourth-order valence-corrected chi connectivity index (χ4v) is 2.14. The summed E-state index contributed by atoms with van der Waals surface area (Å²) in [5.41, 5.74) is 0.482. The van der Waals surface area contributed by atoms with Crippen molar-refractivity contribution in [3.05, 3.63) is 18.0 Å². The SMILES string of the molecule is CCCN(CCC)c1nccc(C(=O)N(CC)CC)n1. The lowest BCUT2D eigenvalue weighted by molar-refractivity contribution is 0.0767. The first-order valence-corrected chi connectivity index (χ1v) is 7.55. The summed E-state index contributed by atoms with van der Waals surface area (Å²) in [6.07, 6.45) is 3.76. The Morgan fingerprint density at radius 1 is 1.10 bits per heavy atom. The molecule has 0 aromatic carbocycles. The van der Waals surface area contributed by atoms with Crippen LogP contribution in [0.2, 0.25) is 0 Å². The fourth-order valence-electron chi connectivity index (χ4n) is 2.14. The van der Waals surface area contributed by atoms with Crippen molar-refractivity contribution in [2.24, 2.45) is 0 Å². The monoisotopic (exact) mass is 278 g/mol. The highest BCUT2D eigenvalue weighted by Crippen LogP contribution is 2.10. The Morgan fingerprint density at radius 3 is 2.20 bits per heavy atom. The first-order chi connectivity index (χ1) is 9.67. The van der Waals surface area contributed by atoms with Crippen molar-refractivity contribution in [3.8, 4) is 0 Å². The fraction of sp³-hybridized carbons (Fsp3) is 0.667. The third kappa shape index (κ3) is 4.18. The summed E-state index contributed by atoms with van der Waals surface area (Å²) in [5, 5.41) is 0. The topological polar surface area (TPSA) is 49.3 Å². The molecule has 0 bridgehead atoms. The van der Waals surface area contributed by atoms with Gasteiger partial charge in [-0.25, -0.2) is 9.97 Å². The quantitative estimate of drug-likeness (QED) is 0.733. The first kappa shape index (κ1) is 16.4. The number of hydrogen-bond donors (Lipinski definition) is 0. The molecule has 20 heavy (non-hydrogen) atoms. The van der Waals surface area contributed by atoms with Gasteiger partial charge in [0.1, 0.15) is 5.69 Å². The van der Waals surface area contributed by atoms with Gasteiger partial charge in [0.2, 0.25) is 5.95 Å². The summed E-state index contributed by atoms with van der Waals surface area (Å²) in [7, 11) is 0. The molecule has 0 unspecified atom stereocenters. The van der Waals surface area contributed by atoms with Crippen LogP contribution >= 0.6 is 0 Å². The normalized spacial score (nSPS) is 10.4. The van der Waals surface area contributed by atoms with Gasteiger partial charge < -0.3 is 9.80 Å². The van der Waals surface area contributed by atoms with Gasteiger partial charge in [0.25, 0.3) is 5.91 Å². The van der Waals surface area contributed by atoms with Gasteiger partial charge in [-0.05, 0) is 32.8 Å². The van der Waals surface area contributed by atoms with E-state index >= 15 is 0 Å². The molecule has 5 heteroatoms. The molecule has 0 atom stereocenters. The number of anilines is 1. The van der Waals surface area contributed by atoms with E-state index in [9.17, 15) is 4.79 Å². The van der Waals surface area contributed by atoms with E-state index in [-0.39, 0.29) is 5.91 Å². The third-order valence-corrected chi connectivity index (χ3v) is 3.18. The molecule has 0 spiro atoms. The zero-order valence-corrected chi connectivity index (χ0v) is 13.1. The molecule has 0 N–H and O–H groups in total. The van der Waals surface area contributed by atoms with Crippen molar-refractivity contribution in [1.82, 2.24) is 14.9 Å². The van der Waals surface area contributed by atoms with Crippen LogP contribution in [0.15, 0.2) is 12.3 Å². The summed E-state index contributed by atoms with van der Waals surface area (Å²) < 4.78 is 0. The summed E-state index contributed by atoms with van der Waals surface area (Å²) in [6, 6.07) is 1.69. The van der Waals surface area contributed by atoms with Crippen LogP contribution in [0, 0.1) is 0 Å². The average Bonchev–Trinajstić information content (AvgIpc) is 2.48. The molecule has 1 rings (SSSR count). The molecular formula is C15H26N4O. The van der Waals surface area contributed by atoms with Crippen LogP contribution < -0.4 is 4.90 Å². The molecule has 0 aliphatic carbocycles. The number of amides is 1. The summed E-state index contributed by atoms with van der Waals surface area (Å²) in [4.78, 5) is 25.0. The van der Waals surface area contributed by atoms with E-state index in [1.54, 1.807) is 17.2 Å². The third-order valence-electron chi connectivity index (χ3n) is 3.18. The standard InChI is InChI=1S/C15H26N4O/c1-5-11-19(12-6-2)15-16-10-9-13(17-15)14(20)18(7-3)8-4/h9-10H,5-8,11-12H2,1-4H3. The largest absolute Gasteiger partial charge is 0.341 e. The van der Waals surface area contributed by atoms with Gasteiger partial charge in [0.15, 0.2) is 0 Å². The summed E-state index contributed by atoms with van der Waals surface area (Å²) in [6.45, 7) is 11.4. The van der Waals surface area contributed by atoms with E-state index in [1.165, 1.54) is 0 Å². The van der Waals surface area contributed by atoms with Gasteiger partial charge in [0, 0.05) is 32.4 Å². The van der Waals surface area contributed by atoms with E-state index in [4.69, 9.17) is 0 Å². The molecule has 1 amide bonds. The number of aromatic nitrogens is 2. The Kier molecular flexibility index (Phi) is 6.98. The van der Waals surface area contributed by atoms with Crippen LogP contribution in [0.1, 0.15) is 51.0 Å². The van der Waals surface area contributed by atoms with Gasteiger partial charge in [-0.2, -0.15) is 0 Å². The maximum Gasteiger partial charge on any atom is 0.272 e. The molecule has 0 aliphatic heterocycles. The minimum Gasteiger partial charge on any atom is -0.341 e. The molecule has 1 aromatic rings. The van der Waals surface area contributed by atoms with Crippen molar-refractivity contribution < 1.29 is 4.79 Å². The van der Waals surface area contributed by atoms with Crippen molar-refractivity contribution in [2.75, 3.05) is 31.1 Å². The molecule has 112 valence electrons. The number of carbonyl (C=O) groups excluding carboxylic acids is 1. The van der Waals surface area contributed by atoms with Gasteiger partial charge in [0.05, 0.1) is 0 Å². The first-order valence-electron chi connectivity index (χ1n) is 7.55. The van der Waals surface area contributed by atoms with Gasteiger partial charge in [-0.15, -0.1) is 0 Å². The highest BCUT2D eigenvalue weighted by Gasteiger charge is 2.16. The van der Waals surface area contributed by atoms with E-state index in [0.29, 0.717) is 24.7 Å². The number of hydrogen-bond acceptors (Lipinski definition) is 4. The number of rotatable bonds is 8. The molecule has 1 heterocycles. The zero-order valence-electron chi connectivity index (χ0n) is 13.1. The van der Waals surface area contributed by atoms with Crippen LogP contribution in [-0.4, -0.2) is 47.0 Å². The van der Waals surface area contributed by atoms with Crippen LogP contribution in [0.4, 0.5) is 5.95 Å². The van der Waals surface area contributed by atoms with E-state index in [2.05, 4.69) is 28.7 Å². The Balaban J connectivity index is 2.96. The Morgan fingerprint density at radius 2 is 1.70 bits per heavy atom. The summed E-state index contributed by atoms with van der Waals surface area (Å²) in [5.74, 6) is 0.637. The van der Waals surface area contributed by atoms with Crippen molar-refractivity contribution in [2.45, 2.75) is 40.5 Å². The second kappa shape index (κ2) is 8.51. The van der Waals surface area contributed by atoms with Crippen LogP contribution in [-0.2, 0) is 0 Å². The number of carbonyl (C=O) groups is 1. The molecule has 5 nitrogen and oxygen atoms in total. The minimum absolute atomic E-state index is 0.0217. The maximum absolute atomic E-state index is 12.3. The van der Waals surface area contributed by atoms with Gasteiger partial charge in [-0.3, -0.25) is 4.79 Å². The second-order valence-electron chi connectivity index (χ2n) is 4.71. The maximum atomic E-state index is 12.3. The predicted molar refractivity (Wildman–Crippen MR) is 82.1 cm³/mol.